The highest BCUT2D eigenvalue weighted by Gasteiger charge is 2.17. The van der Waals surface area contributed by atoms with Gasteiger partial charge in [0.1, 0.15) is 12.2 Å². The summed E-state index contributed by atoms with van der Waals surface area (Å²) in [5.74, 6) is -1.01. The van der Waals surface area contributed by atoms with Gasteiger partial charge in [-0.05, 0) is 20.8 Å². The molecule has 5 heteroatoms. The van der Waals surface area contributed by atoms with Crippen molar-refractivity contribution in [1.29, 1.82) is 0 Å². The van der Waals surface area contributed by atoms with E-state index in [-0.39, 0.29) is 13.0 Å². The van der Waals surface area contributed by atoms with Crippen molar-refractivity contribution in [3.05, 3.63) is 0 Å². The fourth-order valence-corrected chi connectivity index (χ4v) is 0.501. The molecule has 0 saturated carbocycles. The second-order valence-electron chi connectivity index (χ2n) is 3.46. The maximum absolute atomic E-state index is 10.8. The lowest BCUT2D eigenvalue weighted by Gasteiger charge is -2.18. The third-order valence-electron chi connectivity index (χ3n) is 0.925. The van der Waals surface area contributed by atoms with Crippen molar-refractivity contribution in [2.24, 2.45) is 0 Å². The average Bonchev–Trinajstić information content (AvgIpc) is 1.81. The summed E-state index contributed by atoms with van der Waals surface area (Å²) >= 11 is 0. The van der Waals surface area contributed by atoms with E-state index >= 15 is 0 Å². The molecule has 0 aliphatic rings. The Morgan fingerprint density at radius 2 is 1.85 bits per heavy atom. The van der Waals surface area contributed by atoms with Gasteiger partial charge in [-0.2, -0.15) is 0 Å². The second kappa shape index (κ2) is 4.69. The molecule has 1 N–H and O–H groups in total. The lowest BCUT2D eigenvalue weighted by Crippen LogP contribution is -2.25. The summed E-state index contributed by atoms with van der Waals surface area (Å²) in [4.78, 5) is 20.8. The third kappa shape index (κ3) is 8.65. The van der Waals surface area contributed by atoms with Gasteiger partial charge in [0.2, 0.25) is 0 Å². The lowest BCUT2D eigenvalue weighted by molar-refractivity contribution is -0.137. The topological polar surface area (TPSA) is 72.8 Å². The average molecular weight is 190 g/mol. The van der Waals surface area contributed by atoms with E-state index in [0.29, 0.717) is 0 Å². The van der Waals surface area contributed by atoms with Gasteiger partial charge in [0.15, 0.2) is 0 Å². The van der Waals surface area contributed by atoms with Crippen LogP contribution in [0.3, 0.4) is 0 Å². The van der Waals surface area contributed by atoms with Crippen LogP contribution in [0.2, 0.25) is 0 Å². The Labute approximate surface area is 76.6 Å². The van der Waals surface area contributed by atoms with E-state index in [2.05, 4.69) is 4.74 Å². The molecule has 0 heterocycles. The van der Waals surface area contributed by atoms with Gasteiger partial charge in [0, 0.05) is 0 Å². The molecule has 0 atom stereocenters. The first kappa shape index (κ1) is 11.7. The molecule has 0 aliphatic heterocycles. The predicted octanol–water partition coefficient (Wildman–Crippen LogP) is 1.41. The number of carboxylic acids is 1. The minimum absolute atomic E-state index is 0.162. The molecule has 0 saturated heterocycles. The van der Waals surface area contributed by atoms with Crippen LogP contribution in [0.1, 0.15) is 27.2 Å². The maximum Gasteiger partial charge on any atom is 0.508 e. The normalized spacial score (nSPS) is 10.7. The minimum Gasteiger partial charge on any atom is -0.481 e. The van der Waals surface area contributed by atoms with E-state index in [1.54, 1.807) is 20.8 Å². The molecule has 76 valence electrons. The van der Waals surface area contributed by atoms with Crippen molar-refractivity contribution >= 4 is 12.1 Å². The summed E-state index contributed by atoms with van der Waals surface area (Å²) in [7, 11) is 0. The molecule has 0 unspecified atom stereocenters. The number of carbonyl (C=O) groups is 2. The summed E-state index contributed by atoms with van der Waals surface area (Å²) in [6.07, 6.45) is -1.05. The second-order valence-corrected chi connectivity index (χ2v) is 3.46. The standard InChI is InChI=1S/C8H14O5/c1-8(2,3)13-7(11)12-5-4-6(9)10/h4-5H2,1-3H3,(H,9,10). The minimum atomic E-state index is -1.01. The number of carbonyl (C=O) groups excluding carboxylic acids is 1. The molecule has 0 rings (SSSR count). The Morgan fingerprint density at radius 1 is 1.31 bits per heavy atom. The van der Waals surface area contributed by atoms with Gasteiger partial charge in [-0.15, -0.1) is 0 Å². The van der Waals surface area contributed by atoms with Crippen molar-refractivity contribution in [1.82, 2.24) is 0 Å². The molecular weight excluding hydrogens is 176 g/mol. The predicted molar refractivity (Wildman–Crippen MR) is 44.4 cm³/mol. The Kier molecular flexibility index (Phi) is 4.23. The highest BCUT2D eigenvalue weighted by Crippen LogP contribution is 2.07. The van der Waals surface area contributed by atoms with Crippen molar-refractivity contribution in [2.75, 3.05) is 6.61 Å². The SMILES string of the molecule is CC(C)(C)OC(=O)OCCC(=O)O. The number of hydrogen-bond acceptors (Lipinski definition) is 4. The quantitative estimate of drug-likeness (QED) is 0.681. The molecule has 0 spiro atoms. The highest BCUT2D eigenvalue weighted by atomic mass is 16.7. The summed E-state index contributed by atoms with van der Waals surface area (Å²) in [6, 6.07) is 0. The molecular formula is C8H14O5. The smallest absolute Gasteiger partial charge is 0.481 e. The molecule has 0 bridgehead atoms. The van der Waals surface area contributed by atoms with Crippen molar-refractivity contribution < 1.29 is 24.2 Å². The first-order valence-corrected chi connectivity index (χ1v) is 3.89. The van der Waals surface area contributed by atoms with E-state index in [1.807, 2.05) is 0 Å². The first-order valence-electron chi connectivity index (χ1n) is 3.89. The Morgan fingerprint density at radius 3 is 2.23 bits per heavy atom. The summed E-state index contributed by atoms with van der Waals surface area (Å²) in [5, 5.41) is 8.23. The number of hydrogen-bond donors (Lipinski definition) is 1. The zero-order chi connectivity index (χ0) is 10.5. The lowest BCUT2D eigenvalue weighted by atomic mass is 10.2. The molecule has 0 aromatic rings. The van der Waals surface area contributed by atoms with Gasteiger partial charge in [0.25, 0.3) is 0 Å². The van der Waals surface area contributed by atoms with Gasteiger partial charge in [0.05, 0.1) is 6.42 Å². The zero-order valence-corrected chi connectivity index (χ0v) is 7.99. The van der Waals surface area contributed by atoms with Gasteiger partial charge in [-0.3, -0.25) is 4.79 Å². The van der Waals surface area contributed by atoms with Gasteiger partial charge >= 0.3 is 12.1 Å². The Bertz CT molecular complexity index is 191. The van der Waals surface area contributed by atoms with E-state index in [1.165, 1.54) is 0 Å². The number of carboxylic acid groups (broad SMARTS) is 1. The van der Waals surface area contributed by atoms with Crippen LogP contribution in [0, 0.1) is 0 Å². The van der Waals surface area contributed by atoms with Crippen LogP contribution >= 0.6 is 0 Å². The van der Waals surface area contributed by atoms with Crippen molar-refractivity contribution in [3.63, 3.8) is 0 Å². The molecule has 0 fully saturated rings. The van der Waals surface area contributed by atoms with Crippen LogP contribution in [0.5, 0.6) is 0 Å². The zero-order valence-electron chi connectivity index (χ0n) is 7.99. The summed E-state index contributed by atoms with van der Waals surface area (Å²) < 4.78 is 9.25. The third-order valence-corrected chi connectivity index (χ3v) is 0.925. The van der Waals surface area contributed by atoms with Crippen LogP contribution in [-0.2, 0) is 14.3 Å². The number of ether oxygens (including phenoxy) is 2. The summed E-state index contributed by atoms with van der Waals surface area (Å²) in [5.41, 5.74) is -0.611. The first-order chi connectivity index (χ1) is 5.81. The number of rotatable bonds is 3. The van der Waals surface area contributed by atoms with Crippen LogP contribution in [-0.4, -0.2) is 29.4 Å². The molecule has 5 nitrogen and oxygen atoms in total. The van der Waals surface area contributed by atoms with E-state index in [9.17, 15) is 9.59 Å². The van der Waals surface area contributed by atoms with Crippen LogP contribution < -0.4 is 0 Å². The fourth-order valence-electron chi connectivity index (χ4n) is 0.501. The van der Waals surface area contributed by atoms with E-state index in [4.69, 9.17) is 9.84 Å². The fraction of sp³-hybridized carbons (Fsp3) is 0.750. The summed E-state index contributed by atoms with van der Waals surface area (Å²) in [6.45, 7) is 4.94. The molecule has 13 heavy (non-hydrogen) atoms. The van der Waals surface area contributed by atoms with E-state index < -0.39 is 17.7 Å². The molecule has 0 radical (unpaired) electrons. The highest BCUT2D eigenvalue weighted by molar-refractivity contribution is 5.67. The van der Waals surface area contributed by atoms with Gasteiger partial charge in [-0.1, -0.05) is 0 Å². The van der Waals surface area contributed by atoms with Crippen LogP contribution in [0.15, 0.2) is 0 Å². The van der Waals surface area contributed by atoms with Crippen LogP contribution in [0.25, 0.3) is 0 Å². The van der Waals surface area contributed by atoms with E-state index in [0.717, 1.165) is 0 Å². The molecule has 0 aromatic carbocycles. The monoisotopic (exact) mass is 190 g/mol. The van der Waals surface area contributed by atoms with Crippen LogP contribution in [0.4, 0.5) is 4.79 Å². The van der Waals surface area contributed by atoms with Gasteiger partial charge < -0.3 is 14.6 Å². The maximum atomic E-state index is 10.8. The Balaban J connectivity index is 3.59. The van der Waals surface area contributed by atoms with Crippen molar-refractivity contribution in [2.45, 2.75) is 32.8 Å². The Hall–Kier alpha value is -1.26. The largest absolute Gasteiger partial charge is 0.508 e. The van der Waals surface area contributed by atoms with Crippen molar-refractivity contribution in [3.8, 4) is 0 Å². The molecule has 0 aliphatic carbocycles. The molecule has 0 amide bonds. The van der Waals surface area contributed by atoms with Gasteiger partial charge in [-0.25, -0.2) is 4.79 Å². The number of aliphatic carboxylic acids is 1. The molecule has 0 aromatic heterocycles.